The molecule has 2 rings (SSSR count). The summed E-state index contributed by atoms with van der Waals surface area (Å²) in [5, 5.41) is 2.67. The molecule has 0 bridgehead atoms. The van der Waals surface area contributed by atoms with Crippen LogP contribution < -0.4 is 5.32 Å². The van der Waals surface area contributed by atoms with E-state index in [1.54, 1.807) is 12.1 Å². The molecule has 1 aromatic rings. The summed E-state index contributed by atoms with van der Waals surface area (Å²) in [6.45, 7) is 7.26. The molecule has 1 saturated heterocycles. The summed E-state index contributed by atoms with van der Waals surface area (Å²) < 4.78 is 5.02. The van der Waals surface area contributed by atoms with Crippen molar-refractivity contribution in [3.05, 3.63) is 29.8 Å². The van der Waals surface area contributed by atoms with Crippen molar-refractivity contribution >= 4 is 29.4 Å². The van der Waals surface area contributed by atoms with Crippen molar-refractivity contribution < 1.29 is 23.9 Å². The molecule has 0 aliphatic carbocycles. The quantitative estimate of drug-likeness (QED) is 0.640. The fourth-order valence-corrected chi connectivity index (χ4v) is 2.51. The van der Waals surface area contributed by atoms with Gasteiger partial charge in [0.05, 0.1) is 0 Å². The van der Waals surface area contributed by atoms with Gasteiger partial charge < -0.3 is 10.1 Å². The van der Waals surface area contributed by atoms with Crippen LogP contribution in [0.25, 0.3) is 0 Å². The Balaban J connectivity index is 1.88. The number of carbonyl (C=O) groups is 4. The van der Waals surface area contributed by atoms with Gasteiger partial charge in [0.25, 0.3) is 5.91 Å². The van der Waals surface area contributed by atoms with E-state index in [1.807, 2.05) is 12.1 Å². The van der Waals surface area contributed by atoms with Crippen LogP contribution in [-0.2, 0) is 29.3 Å². The Labute approximate surface area is 152 Å². The molecule has 1 aromatic carbocycles. The van der Waals surface area contributed by atoms with Crippen LogP contribution in [0.2, 0.25) is 0 Å². The molecule has 3 amide bonds. The molecule has 7 nitrogen and oxygen atoms in total. The van der Waals surface area contributed by atoms with Gasteiger partial charge in [-0.25, -0.2) is 0 Å². The van der Waals surface area contributed by atoms with Crippen molar-refractivity contribution in [3.8, 4) is 0 Å². The van der Waals surface area contributed by atoms with Gasteiger partial charge in [0.1, 0.15) is 6.54 Å². The maximum atomic E-state index is 12.2. The minimum absolute atomic E-state index is 0.00972. The lowest BCUT2D eigenvalue weighted by Crippen LogP contribution is -2.38. The lowest BCUT2D eigenvalue weighted by Gasteiger charge is -2.20. The number of rotatable bonds is 5. The summed E-state index contributed by atoms with van der Waals surface area (Å²) in [5.74, 6) is -2.08. The molecular weight excluding hydrogens is 336 g/mol. The third kappa shape index (κ3) is 4.91. The number of benzene rings is 1. The van der Waals surface area contributed by atoms with Gasteiger partial charge in [-0.3, -0.25) is 24.1 Å². The first-order valence-corrected chi connectivity index (χ1v) is 8.52. The lowest BCUT2D eigenvalue weighted by atomic mass is 9.87. The molecule has 7 heteroatoms. The zero-order chi connectivity index (χ0) is 19.5. The first kappa shape index (κ1) is 19.6. The molecule has 1 unspecified atom stereocenters. The highest BCUT2D eigenvalue weighted by molar-refractivity contribution is 6.04. The smallest absolute Gasteiger partial charge is 0.326 e. The van der Waals surface area contributed by atoms with Gasteiger partial charge in [0, 0.05) is 18.5 Å². The predicted octanol–water partition coefficient (Wildman–Crippen LogP) is 2.00. The maximum Gasteiger partial charge on any atom is 0.326 e. The van der Waals surface area contributed by atoms with Gasteiger partial charge in [0.15, 0.2) is 6.10 Å². The summed E-state index contributed by atoms with van der Waals surface area (Å²) in [7, 11) is 0. The SMILES string of the molecule is CC(OC(=O)CN1C(=O)CCC1=O)C(=O)Nc1ccc(C(C)(C)C)cc1. The third-order valence-corrected chi connectivity index (χ3v) is 4.14. The minimum atomic E-state index is -1.04. The number of nitrogens with one attached hydrogen (secondary N) is 1. The van der Waals surface area contributed by atoms with E-state index in [-0.39, 0.29) is 18.3 Å². The fourth-order valence-electron chi connectivity index (χ4n) is 2.51. The molecule has 0 radical (unpaired) electrons. The van der Waals surface area contributed by atoms with Crippen LogP contribution in [0.4, 0.5) is 5.69 Å². The summed E-state index contributed by atoms with van der Waals surface area (Å²) in [4.78, 5) is 47.9. The second-order valence-corrected chi connectivity index (χ2v) is 7.32. The first-order chi connectivity index (χ1) is 12.1. The fraction of sp³-hybridized carbons (Fsp3) is 0.474. The summed E-state index contributed by atoms with van der Waals surface area (Å²) >= 11 is 0. The van der Waals surface area contributed by atoms with E-state index in [1.165, 1.54) is 6.92 Å². The van der Waals surface area contributed by atoms with Crippen LogP contribution in [0.3, 0.4) is 0 Å². The van der Waals surface area contributed by atoms with Crippen LogP contribution in [-0.4, -0.2) is 41.2 Å². The van der Waals surface area contributed by atoms with Crippen molar-refractivity contribution in [1.82, 2.24) is 4.90 Å². The van der Waals surface area contributed by atoms with Crippen LogP contribution in [0.15, 0.2) is 24.3 Å². The van der Waals surface area contributed by atoms with Gasteiger partial charge in [-0.2, -0.15) is 0 Å². The van der Waals surface area contributed by atoms with Crippen molar-refractivity contribution in [2.75, 3.05) is 11.9 Å². The van der Waals surface area contributed by atoms with Crippen molar-refractivity contribution in [2.45, 2.75) is 52.1 Å². The second-order valence-electron chi connectivity index (χ2n) is 7.32. The van der Waals surface area contributed by atoms with Gasteiger partial charge in [-0.05, 0) is 30.0 Å². The Kier molecular flexibility index (Phi) is 5.79. The van der Waals surface area contributed by atoms with E-state index in [9.17, 15) is 19.2 Å². The molecule has 0 spiro atoms. The first-order valence-electron chi connectivity index (χ1n) is 8.52. The molecule has 0 aromatic heterocycles. The van der Waals surface area contributed by atoms with Crippen LogP contribution in [0.1, 0.15) is 46.1 Å². The van der Waals surface area contributed by atoms with E-state index in [0.717, 1.165) is 10.5 Å². The molecule has 1 N–H and O–H groups in total. The van der Waals surface area contributed by atoms with Crippen molar-refractivity contribution in [1.29, 1.82) is 0 Å². The number of hydrogen-bond donors (Lipinski definition) is 1. The topological polar surface area (TPSA) is 92.8 Å². The summed E-state index contributed by atoms with van der Waals surface area (Å²) in [6, 6.07) is 7.43. The highest BCUT2D eigenvalue weighted by Crippen LogP contribution is 2.23. The highest BCUT2D eigenvalue weighted by Gasteiger charge is 2.31. The van der Waals surface area contributed by atoms with E-state index < -0.39 is 36.3 Å². The number of amides is 3. The number of nitrogens with zero attached hydrogens (tertiary/aromatic N) is 1. The van der Waals surface area contributed by atoms with Crippen molar-refractivity contribution in [2.24, 2.45) is 0 Å². The minimum Gasteiger partial charge on any atom is -0.451 e. The van der Waals surface area contributed by atoms with Crippen LogP contribution in [0.5, 0.6) is 0 Å². The van der Waals surface area contributed by atoms with Gasteiger partial charge in [-0.1, -0.05) is 32.9 Å². The van der Waals surface area contributed by atoms with Crippen LogP contribution >= 0.6 is 0 Å². The number of likely N-dealkylation sites (tertiary alicyclic amines) is 1. The normalized spacial score (nSPS) is 15.8. The Morgan fingerprint density at radius 3 is 2.15 bits per heavy atom. The number of carbonyl (C=O) groups excluding carboxylic acids is 4. The highest BCUT2D eigenvalue weighted by atomic mass is 16.5. The average molecular weight is 360 g/mol. The zero-order valence-corrected chi connectivity index (χ0v) is 15.5. The lowest BCUT2D eigenvalue weighted by molar-refractivity contribution is -0.158. The average Bonchev–Trinajstić information content (AvgIpc) is 2.86. The number of imide groups is 1. The Morgan fingerprint density at radius 2 is 1.65 bits per heavy atom. The molecule has 1 fully saturated rings. The maximum absolute atomic E-state index is 12.2. The molecule has 1 atom stereocenters. The van der Waals surface area contributed by atoms with E-state index in [4.69, 9.17) is 4.74 Å². The molecule has 140 valence electrons. The van der Waals surface area contributed by atoms with E-state index in [2.05, 4.69) is 26.1 Å². The number of ether oxygens (including phenoxy) is 1. The number of anilines is 1. The monoisotopic (exact) mass is 360 g/mol. The third-order valence-electron chi connectivity index (χ3n) is 4.14. The molecule has 1 aliphatic heterocycles. The predicted molar refractivity (Wildman–Crippen MR) is 95.3 cm³/mol. The number of hydrogen-bond acceptors (Lipinski definition) is 5. The van der Waals surface area contributed by atoms with E-state index >= 15 is 0 Å². The Hall–Kier alpha value is -2.70. The molecule has 1 aliphatic rings. The largest absolute Gasteiger partial charge is 0.451 e. The molecule has 26 heavy (non-hydrogen) atoms. The summed E-state index contributed by atoms with van der Waals surface area (Å²) in [6.07, 6.45) is -0.836. The number of esters is 1. The zero-order valence-electron chi connectivity index (χ0n) is 15.5. The second kappa shape index (κ2) is 7.68. The van der Waals surface area contributed by atoms with Gasteiger partial charge in [-0.15, -0.1) is 0 Å². The molecular formula is C19H24N2O5. The molecule has 0 saturated carbocycles. The Bertz CT molecular complexity index is 702. The Morgan fingerprint density at radius 1 is 1.12 bits per heavy atom. The van der Waals surface area contributed by atoms with Crippen molar-refractivity contribution in [3.63, 3.8) is 0 Å². The standard InChI is InChI=1S/C19H24N2O5/c1-12(26-17(24)11-21-15(22)9-10-16(21)23)18(25)20-14-7-5-13(6-8-14)19(2,3)4/h5-8,12H,9-11H2,1-4H3,(H,20,25). The summed E-state index contributed by atoms with van der Waals surface area (Å²) in [5.41, 5.74) is 1.74. The van der Waals surface area contributed by atoms with Gasteiger partial charge in [0.2, 0.25) is 11.8 Å². The van der Waals surface area contributed by atoms with Crippen LogP contribution in [0, 0.1) is 0 Å². The van der Waals surface area contributed by atoms with E-state index in [0.29, 0.717) is 5.69 Å². The molecule has 1 heterocycles. The van der Waals surface area contributed by atoms with Gasteiger partial charge >= 0.3 is 5.97 Å².